The SMILES string of the molecule is NC(=O)N[C@H](CC(=O)Nc1ccc2ccccc2c1)c1ccccc1Cl. The summed E-state index contributed by atoms with van der Waals surface area (Å²) in [4.78, 5) is 23.8. The van der Waals surface area contributed by atoms with Gasteiger partial charge in [-0.2, -0.15) is 0 Å². The summed E-state index contributed by atoms with van der Waals surface area (Å²) >= 11 is 6.19. The number of halogens is 1. The van der Waals surface area contributed by atoms with E-state index in [0.717, 1.165) is 10.8 Å². The number of carbonyl (C=O) groups is 2. The molecule has 0 radical (unpaired) electrons. The van der Waals surface area contributed by atoms with E-state index in [4.69, 9.17) is 17.3 Å². The molecule has 0 spiro atoms. The fourth-order valence-corrected chi connectivity index (χ4v) is 3.10. The van der Waals surface area contributed by atoms with E-state index in [1.54, 1.807) is 24.3 Å². The van der Waals surface area contributed by atoms with Crippen molar-refractivity contribution in [2.45, 2.75) is 12.5 Å². The maximum Gasteiger partial charge on any atom is 0.312 e. The van der Waals surface area contributed by atoms with Crippen molar-refractivity contribution >= 4 is 40.0 Å². The molecule has 3 aromatic carbocycles. The number of benzene rings is 3. The average Bonchev–Trinajstić information content (AvgIpc) is 2.61. The Labute approximate surface area is 156 Å². The van der Waals surface area contributed by atoms with Crippen LogP contribution in [0.5, 0.6) is 0 Å². The highest BCUT2D eigenvalue weighted by Gasteiger charge is 2.19. The molecule has 0 saturated heterocycles. The highest BCUT2D eigenvalue weighted by molar-refractivity contribution is 6.31. The van der Waals surface area contributed by atoms with Gasteiger partial charge in [0.15, 0.2) is 0 Å². The summed E-state index contributed by atoms with van der Waals surface area (Å²) in [5, 5.41) is 8.02. The highest BCUT2D eigenvalue weighted by Crippen LogP contribution is 2.26. The Morgan fingerprint density at radius 3 is 2.38 bits per heavy atom. The van der Waals surface area contributed by atoms with Crippen LogP contribution in [0.25, 0.3) is 10.8 Å². The van der Waals surface area contributed by atoms with Crippen LogP contribution in [0.4, 0.5) is 10.5 Å². The number of primary amides is 1. The van der Waals surface area contributed by atoms with Crippen molar-refractivity contribution < 1.29 is 9.59 Å². The number of urea groups is 1. The van der Waals surface area contributed by atoms with Crippen molar-refractivity contribution in [2.75, 3.05) is 5.32 Å². The Bertz CT molecular complexity index is 958. The fraction of sp³-hybridized carbons (Fsp3) is 0.100. The van der Waals surface area contributed by atoms with E-state index in [2.05, 4.69) is 10.6 Å². The molecule has 5 nitrogen and oxygen atoms in total. The molecule has 132 valence electrons. The summed E-state index contributed by atoms with van der Waals surface area (Å²) in [7, 11) is 0. The average molecular weight is 368 g/mol. The molecule has 0 bridgehead atoms. The first kappa shape index (κ1) is 17.8. The van der Waals surface area contributed by atoms with Gasteiger partial charge in [0.1, 0.15) is 0 Å². The van der Waals surface area contributed by atoms with Crippen LogP contribution >= 0.6 is 11.6 Å². The minimum Gasteiger partial charge on any atom is -0.352 e. The fourth-order valence-electron chi connectivity index (χ4n) is 2.83. The lowest BCUT2D eigenvalue weighted by Crippen LogP contribution is -2.35. The van der Waals surface area contributed by atoms with Crippen LogP contribution in [0.1, 0.15) is 18.0 Å². The van der Waals surface area contributed by atoms with E-state index in [9.17, 15) is 9.59 Å². The number of fused-ring (bicyclic) bond motifs is 1. The van der Waals surface area contributed by atoms with Crippen LogP contribution in [-0.2, 0) is 4.79 Å². The number of carbonyl (C=O) groups excluding carboxylic acids is 2. The van der Waals surface area contributed by atoms with Crippen LogP contribution in [0.15, 0.2) is 66.7 Å². The maximum absolute atomic E-state index is 12.5. The van der Waals surface area contributed by atoms with Gasteiger partial charge >= 0.3 is 6.03 Å². The third-order valence-corrected chi connectivity index (χ3v) is 4.36. The number of rotatable bonds is 5. The van der Waals surface area contributed by atoms with Crippen LogP contribution < -0.4 is 16.4 Å². The van der Waals surface area contributed by atoms with Crippen LogP contribution in [-0.4, -0.2) is 11.9 Å². The van der Waals surface area contributed by atoms with Crippen LogP contribution in [0.2, 0.25) is 5.02 Å². The number of anilines is 1. The molecule has 1 atom stereocenters. The van der Waals surface area contributed by atoms with Crippen molar-refractivity contribution in [1.29, 1.82) is 0 Å². The van der Waals surface area contributed by atoms with Gasteiger partial charge in [0.05, 0.1) is 12.5 Å². The van der Waals surface area contributed by atoms with E-state index < -0.39 is 12.1 Å². The molecule has 3 aromatic rings. The second kappa shape index (κ2) is 7.89. The van der Waals surface area contributed by atoms with Crippen molar-refractivity contribution in [3.8, 4) is 0 Å². The summed E-state index contributed by atoms with van der Waals surface area (Å²) in [6.45, 7) is 0. The smallest absolute Gasteiger partial charge is 0.312 e. The molecule has 6 heteroatoms. The van der Waals surface area contributed by atoms with Crippen LogP contribution in [0, 0.1) is 0 Å². The van der Waals surface area contributed by atoms with Crippen molar-refractivity contribution in [3.63, 3.8) is 0 Å². The van der Waals surface area contributed by atoms with E-state index in [-0.39, 0.29) is 12.3 Å². The van der Waals surface area contributed by atoms with E-state index in [0.29, 0.717) is 16.3 Å². The Morgan fingerprint density at radius 2 is 1.65 bits per heavy atom. The van der Waals surface area contributed by atoms with Gasteiger partial charge in [-0.05, 0) is 34.5 Å². The predicted molar refractivity (Wildman–Crippen MR) is 104 cm³/mol. The Kier molecular flexibility index (Phi) is 5.39. The van der Waals surface area contributed by atoms with Gasteiger partial charge in [-0.1, -0.05) is 60.1 Å². The van der Waals surface area contributed by atoms with E-state index >= 15 is 0 Å². The first-order valence-corrected chi connectivity index (χ1v) is 8.50. The number of hydrogen-bond acceptors (Lipinski definition) is 2. The normalized spacial score (nSPS) is 11.7. The topological polar surface area (TPSA) is 84.2 Å². The minimum atomic E-state index is -0.714. The molecular weight excluding hydrogens is 350 g/mol. The first-order valence-electron chi connectivity index (χ1n) is 8.12. The Morgan fingerprint density at radius 1 is 0.962 bits per heavy atom. The zero-order valence-corrected chi connectivity index (χ0v) is 14.7. The number of nitrogens with two attached hydrogens (primary N) is 1. The van der Waals surface area contributed by atoms with Gasteiger partial charge in [0.2, 0.25) is 5.91 Å². The predicted octanol–water partition coefficient (Wildman–Crippen LogP) is 4.23. The van der Waals surface area contributed by atoms with Gasteiger partial charge in [-0.25, -0.2) is 4.79 Å². The summed E-state index contributed by atoms with van der Waals surface area (Å²) in [5.41, 5.74) is 6.57. The molecule has 4 N–H and O–H groups in total. The first-order chi connectivity index (χ1) is 12.5. The largest absolute Gasteiger partial charge is 0.352 e. The molecule has 3 amide bonds. The van der Waals surface area contributed by atoms with Gasteiger partial charge in [0.25, 0.3) is 0 Å². The number of amides is 3. The monoisotopic (exact) mass is 367 g/mol. The van der Waals surface area contributed by atoms with Crippen LogP contribution in [0.3, 0.4) is 0 Å². The molecule has 0 aromatic heterocycles. The molecule has 0 aliphatic heterocycles. The molecule has 0 fully saturated rings. The molecule has 3 rings (SSSR count). The van der Waals surface area contributed by atoms with Gasteiger partial charge in [-0.15, -0.1) is 0 Å². The zero-order chi connectivity index (χ0) is 18.5. The molecular formula is C20H18ClN3O2. The lowest BCUT2D eigenvalue weighted by atomic mass is 10.0. The molecule has 0 aliphatic rings. The summed E-state index contributed by atoms with van der Waals surface area (Å²) < 4.78 is 0. The maximum atomic E-state index is 12.5. The van der Waals surface area contributed by atoms with Crippen molar-refractivity contribution in [1.82, 2.24) is 5.32 Å². The minimum absolute atomic E-state index is 0.0134. The Balaban J connectivity index is 1.76. The quantitative estimate of drug-likeness (QED) is 0.630. The Hall–Kier alpha value is -3.05. The van der Waals surface area contributed by atoms with Crippen molar-refractivity contribution in [3.05, 3.63) is 77.3 Å². The lowest BCUT2D eigenvalue weighted by Gasteiger charge is -2.19. The van der Waals surface area contributed by atoms with E-state index in [1.807, 2.05) is 42.5 Å². The highest BCUT2D eigenvalue weighted by atomic mass is 35.5. The lowest BCUT2D eigenvalue weighted by molar-refractivity contribution is -0.116. The van der Waals surface area contributed by atoms with Gasteiger partial charge in [0, 0.05) is 10.7 Å². The standard InChI is InChI=1S/C20H18ClN3O2/c21-17-8-4-3-7-16(17)18(24-20(22)26)12-19(25)23-15-10-9-13-5-1-2-6-14(13)11-15/h1-11,18H,12H2,(H,23,25)(H3,22,24,26)/t18-/m1/s1. The summed E-state index contributed by atoms with van der Waals surface area (Å²) in [5.74, 6) is -0.251. The van der Waals surface area contributed by atoms with E-state index in [1.165, 1.54) is 0 Å². The zero-order valence-electron chi connectivity index (χ0n) is 13.9. The third kappa shape index (κ3) is 4.32. The third-order valence-electron chi connectivity index (χ3n) is 4.02. The molecule has 0 aliphatic carbocycles. The van der Waals surface area contributed by atoms with Crippen molar-refractivity contribution in [2.24, 2.45) is 5.73 Å². The summed E-state index contributed by atoms with van der Waals surface area (Å²) in [6, 6.07) is 19.3. The number of hydrogen-bond donors (Lipinski definition) is 3. The molecule has 0 unspecified atom stereocenters. The second-order valence-corrected chi connectivity index (χ2v) is 6.30. The molecule has 0 saturated carbocycles. The number of nitrogens with one attached hydrogen (secondary N) is 2. The van der Waals surface area contributed by atoms with Gasteiger partial charge < -0.3 is 16.4 Å². The molecule has 26 heavy (non-hydrogen) atoms. The second-order valence-electron chi connectivity index (χ2n) is 5.90. The molecule has 0 heterocycles. The van der Waals surface area contributed by atoms with Gasteiger partial charge in [-0.3, -0.25) is 4.79 Å². The summed E-state index contributed by atoms with van der Waals surface area (Å²) in [6.07, 6.45) is 0.0134.